The Morgan fingerprint density at radius 3 is 2.70 bits per heavy atom. The number of ether oxygens (including phenoxy) is 1. The molecule has 27 heavy (non-hydrogen) atoms. The molecule has 0 aliphatic carbocycles. The summed E-state index contributed by atoms with van der Waals surface area (Å²) in [6.07, 6.45) is 0. The molecule has 0 amide bonds. The van der Waals surface area contributed by atoms with Crippen LogP contribution in [0.5, 0.6) is 17.2 Å². The lowest BCUT2D eigenvalue weighted by Gasteiger charge is -2.12. The molecule has 0 fully saturated rings. The van der Waals surface area contributed by atoms with Gasteiger partial charge in [-0.3, -0.25) is 0 Å². The Morgan fingerprint density at radius 1 is 1.07 bits per heavy atom. The summed E-state index contributed by atoms with van der Waals surface area (Å²) in [5, 5.41) is 30.7. The van der Waals surface area contributed by atoms with Crippen LogP contribution < -0.4 is 4.74 Å². The molecule has 0 atom stereocenters. The van der Waals surface area contributed by atoms with E-state index in [0.29, 0.717) is 23.0 Å². The number of phenols is 2. The maximum absolute atomic E-state index is 10.3. The lowest BCUT2D eigenvalue weighted by Crippen LogP contribution is -2.00. The fourth-order valence-corrected chi connectivity index (χ4v) is 3.34. The minimum absolute atomic E-state index is 0.230. The van der Waals surface area contributed by atoms with E-state index in [0.717, 1.165) is 22.1 Å². The number of para-hydroxylation sites is 1. The van der Waals surface area contributed by atoms with Gasteiger partial charge in [-0.2, -0.15) is 0 Å². The highest BCUT2D eigenvalue weighted by molar-refractivity contribution is 7.80. The fraction of sp³-hybridized carbons (Fsp3) is 0.100. The van der Waals surface area contributed by atoms with Crippen molar-refractivity contribution >= 4 is 23.4 Å². The Morgan fingerprint density at radius 2 is 1.89 bits per heavy atom. The Kier molecular flexibility index (Phi) is 4.37. The number of hydrogen-bond donors (Lipinski definition) is 3. The summed E-state index contributed by atoms with van der Waals surface area (Å²) in [6.45, 7) is 2.51. The van der Waals surface area contributed by atoms with Crippen LogP contribution in [-0.2, 0) is 0 Å². The van der Waals surface area contributed by atoms with Crippen LogP contribution in [0.4, 0.5) is 0 Å². The SMILES string of the molecule is CCOc1ccc2cccc(-c3c(S)nnn3-c3cccc(O)c3O)c2c1. The molecule has 0 saturated heterocycles. The maximum Gasteiger partial charge on any atom is 0.183 e. The van der Waals surface area contributed by atoms with Gasteiger partial charge < -0.3 is 14.9 Å². The van der Waals surface area contributed by atoms with E-state index < -0.39 is 0 Å². The number of hydrogen-bond acceptors (Lipinski definition) is 6. The first-order valence-corrected chi connectivity index (χ1v) is 8.86. The van der Waals surface area contributed by atoms with E-state index in [2.05, 4.69) is 22.9 Å². The summed E-state index contributed by atoms with van der Waals surface area (Å²) < 4.78 is 7.11. The minimum atomic E-state index is -0.271. The molecule has 0 aliphatic heterocycles. The molecule has 4 aromatic rings. The van der Waals surface area contributed by atoms with Crippen molar-refractivity contribution in [3.63, 3.8) is 0 Å². The van der Waals surface area contributed by atoms with Gasteiger partial charge in [0.25, 0.3) is 0 Å². The summed E-state index contributed by atoms with van der Waals surface area (Å²) in [7, 11) is 0. The summed E-state index contributed by atoms with van der Waals surface area (Å²) in [5.41, 5.74) is 1.76. The monoisotopic (exact) mass is 379 g/mol. The smallest absolute Gasteiger partial charge is 0.183 e. The Hall–Kier alpha value is -3.19. The number of phenolic OH excluding ortho intramolecular Hbond substituents is 2. The average Bonchev–Trinajstić information content (AvgIpc) is 3.05. The predicted molar refractivity (Wildman–Crippen MR) is 106 cm³/mol. The second-order valence-electron chi connectivity index (χ2n) is 5.94. The van der Waals surface area contributed by atoms with Gasteiger partial charge in [0.15, 0.2) is 11.5 Å². The highest BCUT2D eigenvalue weighted by Gasteiger charge is 2.19. The number of aromatic hydroxyl groups is 2. The van der Waals surface area contributed by atoms with Crippen LogP contribution in [0, 0.1) is 0 Å². The van der Waals surface area contributed by atoms with Crippen LogP contribution in [-0.4, -0.2) is 31.8 Å². The first-order chi connectivity index (χ1) is 13.1. The zero-order valence-electron chi connectivity index (χ0n) is 14.5. The Balaban J connectivity index is 1.99. The maximum atomic E-state index is 10.3. The molecule has 0 spiro atoms. The number of thiol groups is 1. The summed E-state index contributed by atoms with van der Waals surface area (Å²) in [4.78, 5) is 0. The highest BCUT2D eigenvalue weighted by atomic mass is 32.1. The normalized spacial score (nSPS) is 11.0. The van der Waals surface area contributed by atoms with E-state index in [1.165, 1.54) is 10.7 Å². The van der Waals surface area contributed by atoms with Crippen molar-refractivity contribution in [3.05, 3.63) is 54.6 Å². The van der Waals surface area contributed by atoms with Gasteiger partial charge in [-0.15, -0.1) is 17.7 Å². The standard InChI is InChI=1S/C20H17N3O3S/c1-2-26-13-10-9-12-5-3-6-14(15(12)11-13)18-20(27)21-22-23(18)16-7-4-8-17(24)19(16)25/h3-11,24-25,27H,2H2,1H3. The highest BCUT2D eigenvalue weighted by Crippen LogP contribution is 2.38. The third-order valence-corrected chi connectivity index (χ3v) is 4.60. The third-order valence-electron chi connectivity index (χ3n) is 4.29. The number of rotatable bonds is 4. The van der Waals surface area contributed by atoms with Crippen LogP contribution in [0.1, 0.15) is 6.92 Å². The van der Waals surface area contributed by atoms with E-state index in [4.69, 9.17) is 4.74 Å². The molecule has 1 aromatic heterocycles. The number of aromatic nitrogens is 3. The summed E-state index contributed by atoms with van der Waals surface area (Å²) in [5.74, 6) is 0.260. The molecule has 0 radical (unpaired) electrons. The van der Waals surface area contributed by atoms with Gasteiger partial charge >= 0.3 is 0 Å². The van der Waals surface area contributed by atoms with E-state index in [1.807, 2.05) is 43.3 Å². The Labute approximate surface area is 161 Å². The lowest BCUT2D eigenvalue weighted by atomic mass is 10.0. The third kappa shape index (κ3) is 2.96. The van der Waals surface area contributed by atoms with Gasteiger partial charge in [0.05, 0.1) is 6.61 Å². The topological polar surface area (TPSA) is 80.4 Å². The first kappa shape index (κ1) is 17.2. The van der Waals surface area contributed by atoms with Gasteiger partial charge in [0, 0.05) is 5.56 Å². The molecular weight excluding hydrogens is 362 g/mol. The molecule has 2 N–H and O–H groups in total. The number of nitrogens with zero attached hydrogens (tertiary/aromatic N) is 3. The minimum Gasteiger partial charge on any atom is -0.504 e. The van der Waals surface area contributed by atoms with Crippen molar-refractivity contribution in [1.82, 2.24) is 15.0 Å². The molecular formula is C20H17N3O3S. The largest absolute Gasteiger partial charge is 0.504 e. The van der Waals surface area contributed by atoms with E-state index in [9.17, 15) is 10.2 Å². The van der Waals surface area contributed by atoms with Crippen molar-refractivity contribution in [3.8, 4) is 34.2 Å². The van der Waals surface area contributed by atoms with E-state index in [1.54, 1.807) is 12.1 Å². The van der Waals surface area contributed by atoms with Crippen LogP contribution >= 0.6 is 12.6 Å². The van der Waals surface area contributed by atoms with Crippen molar-refractivity contribution in [2.45, 2.75) is 11.9 Å². The average molecular weight is 379 g/mol. The molecule has 0 unspecified atom stereocenters. The summed E-state index contributed by atoms with van der Waals surface area (Å²) >= 11 is 4.46. The molecule has 0 saturated carbocycles. The van der Waals surface area contributed by atoms with Crippen molar-refractivity contribution in [2.24, 2.45) is 0 Å². The zero-order valence-corrected chi connectivity index (χ0v) is 15.4. The molecule has 1 heterocycles. The van der Waals surface area contributed by atoms with E-state index >= 15 is 0 Å². The number of fused-ring (bicyclic) bond motifs is 1. The van der Waals surface area contributed by atoms with Gasteiger partial charge in [-0.05, 0) is 42.0 Å². The van der Waals surface area contributed by atoms with Crippen molar-refractivity contribution < 1.29 is 14.9 Å². The molecule has 0 bridgehead atoms. The number of benzene rings is 3. The fourth-order valence-electron chi connectivity index (χ4n) is 3.08. The van der Waals surface area contributed by atoms with Crippen LogP contribution in [0.25, 0.3) is 27.7 Å². The van der Waals surface area contributed by atoms with E-state index in [-0.39, 0.29) is 11.5 Å². The molecule has 6 nitrogen and oxygen atoms in total. The summed E-state index contributed by atoms with van der Waals surface area (Å²) in [6, 6.07) is 16.4. The van der Waals surface area contributed by atoms with Gasteiger partial charge in [-0.25, -0.2) is 4.68 Å². The molecule has 7 heteroatoms. The molecule has 0 aliphatic rings. The molecule has 136 valence electrons. The van der Waals surface area contributed by atoms with Gasteiger partial charge in [-0.1, -0.05) is 35.5 Å². The predicted octanol–water partition coefficient (Wildman–Crippen LogP) is 4.19. The van der Waals surface area contributed by atoms with Gasteiger partial charge in [0.1, 0.15) is 22.2 Å². The molecule has 3 aromatic carbocycles. The lowest BCUT2D eigenvalue weighted by molar-refractivity contribution is 0.341. The molecule has 4 rings (SSSR count). The van der Waals surface area contributed by atoms with Gasteiger partial charge in [0.2, 0.25) is 0 Å². The second-order valence-corrected chi connectivity index (χ2v) is 6.36. The first-order valence-electron chi connectivity index (χ1n) is 8.42. The van der Waals surface area contributed by atoms with Crippen LogP contribution in [0.15, 0.2) is 59.6 Å². The second kappa shape index (κ2) is 6.85. The van der Waals surface area contributed by atoms with Crippen molar-refractivity contribution in [2.75, 3.05) is 6.61 Å². The van der Waals surface area contributed by atoms with Crippen LogP contribution in [0.2, 0.25) is 0 Å². The Bertz CT molecular complexity index is 1140. The van der Waals surface area contributed by atoms with Crippen molar-refractivity contribution in [1.29, 1.82) is 0 Å². The quantitative estimate of drug-likeness (QED) is 0.366. The zero-order chi connectivity index (χ0) is 19.0. The van der Waals surface area contributed by atoms with Crippen LogP contribution in [0.3, 0.4) is 0 Å².